The number of rotatable bonds is 4. The van der Waals surface area contributed by atoms with E-state index in [1.807, 2.05) is 32.0 Å². The van der Waals surface area contributed by atoms with E-state index in [1.165, 1.54) is 19.1 Å². The Morgan fingerprint density at radius 3 is 2.29 bits per heavy atom. The van der Waals surface area contributed by atoms with Crippen LogP contribution in [-0.4, -0.2) is 23.1 Å². The van der Waals surface area contributed by atoms with Crippen molar-refractivity contribution in [1.29, 1.82) is 0 Å². The molecule has 0 saturated heterocycles. The van der Waals surface area contributed by atoms with Crippen molar-refractivity contribution in [3.05, 3.63) is 58.7 Å². The van der Waals surface area contributed by atoms with Gasteiger partial charge in [-0.3, -0.25) is 4.79 Å². The molecule has 2 aromatic carbocycles. The van der Waals surface area contributed by atoms with Crippen molar-refractivity contribution in [1.82, 2.24) is 0 Å². The molecule has 0 heterocycles. The van der Waals surface area contributed by atoms with E-state index in [4.69, 9.17) is 4.74 Å². The van der Waals surface area contributed by atoms with Crippen LogP contribution in [0.3, 0.4) is 0 Å². The van der Waals surface area contributed by atoms with Crippen molar-refractivity contribution < 1.29 is 19.4 Å². The summed E-state index contributed by atoms with van der Waals surface area (Å²) in [6.07, 6.45) is -0.987. The molecule has 5 nitrogen and oxygen atoms in total. The molecular weight excluding hydrogens is 306 g/mol. The lowest BCUT2D eigenvalue weighted by Gasteiger charge is -2.15. The van der Waals surface area contributed by atoms with Gasteiger partial charge in [0.05, 0.1) is 0 Å². The maximum atomic E-state index is 12.2. The summed E-state index contributed by atoms with van der Waals surface area (Å²) in [5, 5.41) is 12.5. The van der Waals surface area contributed by atoms with Crippen LogP contribution in [0.25, 0.3) is 0 Å². The predicted molar refractivity (Wildman–Crippen MR) is 92.3 cm³/mol. The predicted octanol–water partition coefficient (Wildman–Crippen LogP) is 3.50. The summed E-state index contributed by atoms with van der Waals surface area (Å²) in [4.78, 5) is 24.3. The van der Waals surface area contributed by atoms with Gasteiger partial charge in [0, 0.05) is 5.69 Å². The summed E-state index contributed by atoms with van der Waals surface area (Å²) < 4.78 is 5.14. The molecule has 0 saturated carbocycles. The third-order valence-electron chi connectivity index (χ3n) is 3.67. The Morgan fingerprint density at radius 2 is 1.67 bits per heavy atom. The van der Waals surface area contributed by atoms with E-state index < -0.39 is 18.0 Å². The fraction of sp³-hybridized carbons (Fsp3) is 0.263. The minimum Gasteiger partial charge on any atom is -0.507 e. The monoisotopic (exact) mass is 327 g/mol. The first-order valence-corrected chi connectivity index (χ1v) is 7.66. The normalized spacial score (nSPS) is 11.7. The van der Waals surface area contributed by atoms with Crippen LogP contribution >= 0.6 is 0 Å². The number of carbonyl (C=O) groups is 2. The number of carbonyl (C=O) groups excluding carboxylic acids is 2. The third kappa shape index (κ3) is 4.13. The second kappa shape index (κ2) is 7.17. The van der Waals surface area contributed by atoms with Gasteiger partial charge in [-0.2, -0.15) is 0 Å². The third-order valence-corrected chi connectivity index (χ3v) is 3.67. The van der Waals surface area contributed by atoms with Gasteiger partial charge < -0.3 is 15.2 Å². The summed E-state index contributed by atoms with van der Waals surface area (Å²) in [5.41, 5.74) is 3.56. The van der Waals surface area contributed by atoms with Gasteiger partial charge in [0.25, 0.3) is 5.91 Å². The first-order valence-electron chi connectivity index (χ1n) is 7.66. The highest BCUT2D eigenvalue weighted by Gasteiger charge is 2.21. The van der Waals surface area contributed by atoms with E-state index in [9.17, 15) is 14.7 Å². The highest BCUT2D eigenvalue weighted by Crippen LogP contribution is 2.20. The van der Waals surface area contributed by atoms with Crippen LogP contribution in [0.5, 0.6) is 5.75 Å². The maximum absolute atomic E-state index is 12.2. The van der Waals surface area contributed by atoms with Crippen LogP contribution in [0, 0.1) is 20.8 Å². The number of benzene rings is 2. The lowest BCUT2D eigenvalue weighted by Crippen LogP contribution is -2.30. The molecule has 1 amide bonds. The van der Waals surface area contributed by atoms with Gasteiger partial charge in [-0.1, -0.05) is 23.8 Å². The Balaban J connectivity index is 2.04. The lowest BCUT2D eigenvalue weighted by atomic mass is 10.1. The zero-order valence-corrected chi connectivity index (χ0v) is 14.2. The van der Waals surface area contributed by atoms with E-state index in [0.29, 0.717) is 5.69 Å². The zero-order chi connectivity index (χ0) is 17.9. The van der Waals surface area contributed by atoms with Gasteiger partial charge in [0.1, 0.15) is 11.3 Å². The van der Waals surface area contributed by atoms with E-state index in [1.54, 1.807) is 13.0 Å². The van der Waals surface area contributed by atoms with Crippen molar-refractivity contribution in [2.75, 3.05) is 5.32 Å². The number of hydrogen-bond acceptors (Lipinski definition) is 4. The molecule has 1 atom stereocenters. The number of ether oxygens (including phenoxy) is 1. The van der Waals surface area contributed by atoms with Crippen LogP contribution < -0.4 is 5.32 Å². The summed E-state index contributed by atoms with van der Waals surface area (Å²) >= 11 is 0. The first kappa shape index (κ1) is 17.5. The second-order valence-corrected chi connectivity index (χ2v) is 5.88. The number of aryl methyl sites for hydroxylation is 3. The van der Waals surface area contributed by atoms with Crippen molar-refractivity contribution >= 4 is 17.6 Å². The molecule has 2 N–H and O–H groups in total. The summed E-state index contributed by atoms with van der Waals surface area (Å²) in [6, 6.07) is 10.3. The number of nitrogens with one attached hydrogen (secondary N) is 1. The zero-order valence-electron chi connectivity index (χ0n) is 14.2. The van der Waals surface area contributed by atoms with E-state index >= 15 is 0 Å². The number of amides is 1. The van der Waals surface area contributed by atoms with Gasteiger partial charge in [-0.25, -0.2) is 4.79 Å². The minimum absolute atomic E-state index is 0.0340. The quantitative estimate of drug-likeness (QED) is 0.843. The summed E-state index contributed by atoms with van der Waals surface area (Å²) in [5.74, 6) is -1.33. The molecule has 1 unspecified atom stereocenters. The maximum Gasteiger partial charge on any atom is 0.342 e. The number of phenols is 1. The smallest absolute Gasteiger partial charge is 0.342 e. The molecule has 0 aliphatic heterocycles. The van der Waals surface area contributed by atoms with Gasteiger partial charge in [-0.15, -0.1) is 0 Å². The molecule has 126 valence electrons. The lowest BCUT2D eigenvalue weighted by molar-refractivity contribution is -0.123. The molecule has 24 heavy (non-hydrogen) atoms. The Kier molecular flexibility index (Phi) is 5.24. The van der Waals surface area contributed by atoms with Crippen molar-refractivity contribution in [2.24, 2.45) is 0 Å². The average molecular weight is 327 g/mol. The topological polar surface area (TPSA) is 75.6 Å². The average Bonchev–Trinajstić information content (AvgIpc) is 2.49. The largest absolute Gasteiger partial charge is 0.507 e. The molecular formula is C19H21NO4. The van der Waals surface area contributed by atoms with Gasteiger partial charge in [0.2, 0.25) is 0 Å². The van der Waals surface area contributed by atoms with E-state index in [0.717, 1.165) is 16.7 Å². The van der Waals surface area contributed by atoms with Crippen molar-refractivity contribution in [2.45, 2.75) is 33.8 Å². The Hall–Kier alpha value is -2.82. The number of aromatic hydroxyl groups is 1. The van der Waals surface area contributed by atoms with Gasteiger partial charge in [0.15, 0.2) is 6.10 Å². The Bertz CT molecular complexity index is 783. The standard InChI is InChI=1S/C19H21NO4/c1-11-6-8-16(13(3)9-11)20-18(22)14(4)24-19(23)15-7-5-12(2)10-17(15)21/h5-10,14,21H,1-4H3,(H,20,22). The Morgan fingerprint density at radius 1 is 1.04 bits per heavy atom. The molecule has 0 aliphatic carbocycles. The van der Waals surface area contributed by atoms with Gasteiger partial charge >= 0.3 is 5.97 Å². The molecule has 0 aromatic heterocycles. The number of hydrogen-bond donors (Lipinski definition) is 2. The van der Waals surface area contributed by atoms with Crippen molar-refractivity contribution in [3.8, 4) is 5.75 Å². The van der Waals surface area contributed by atoms with Crippen molar-refractivity contribution in [3.63, 3.8) is 0 Å². The first-order chi connectivity index (χ1) is 11.3. The molecule has 0 bridgehead atoms. The number of phenolic OH excluding ortho intramolecular Hbond substituents is 1. The second-order valence-electron chi connectivity index (χ2n) is 5.88. The van der Waals surface area contributed by atoms with Crippen LogP contribution in [0.4, 0.5) is 5.69 Å². The van der Waals surface area contributed by atoms with Gasteiger partial charge in [-0.05, 0) is 57.0 Å². The van der Waals surface area contributed by atoms with E-state index in [2.05, 4.69) is 5.32 Å². The molecule has 0 fully saturated rings. The van der Waals surface area contributed by atoms with Crippen LogP contribution in [0.2, 0.25) is 0 Å². The number of anilines is 1. The molecule has 0 radical (unpaired) electrons. The molecule has 0 aliphatic rings. The molecule has 2 rings (SSSR count). The number of esters is 1. The molecule has 5 heteroatoms. The molecule has 2 aromatic rings. The molecule has 0 spiro atoms. The SMILES string of the molecule is Cc1ccc(NC(=O)C(C)OC(=O)c2ccc(C)cc2O)c(C)c1. The Labute approximate surface area is 141 Å². The summed E-state index contributed by atoms with van der Waals surface area (Å²) in [6.45, 7) is 7.15. The van der Waals surface area contributed by atoms with Crippen LogP contribution in [0.1, 0.15) is 34.0 Å². The van der Waals surface area contributed by atoms with E-state index in [-0.39, 0.29) is 11.3 Å². The van der Waals surface area contributed by atoms with Crippen LogP contribution in [0.15, 0.2) is 36.4 Å². The highest BCUT2D eigenvalue weighted by molar-refractivity contribution is 5.98. The summed E-state index contributed by atoms with van der Waals surface area (Å²) in [7, 11) is 0. The van der Waals surface area contributed by atoms with Crippen LogP contribution in [-0.2, 0) is 9.53 Å². The fourth-order valence-electron chi connectivity index (χ4n) is 2.28. The fourth-order valence-corrected chi connectivity index (χ4v) is 2.28. The highest BCUT2D eigenvalue weighted by atomic mass is 16.5. The minimum atomic E-state index is -0.987.